The van der Waals surface area contributed by atoms with Crippen LogP contribution >= 0.6 is 0 Å². The number of hydrogen-bond acceptors (Lipinski definition) is 3. The van der Waals surface area contributed by atoms with E-state index >= 15 is 0 Å². The Kier molecular flexibility index (Phi) is 5.31. The molecule has 1 atom stereocenters. The summed E-state index contributed by atoms with van der Waals surface area (Å²) in [6.07, 6.45) is 0. The van der Waals surface area contributed by atoms with Crippen molar-refractivity contribution in [1.82, 2.24) is 10.6 Å². The van der Waals surface area contributed by atoms with E-state index in [1.165, 1.54) is 0 Å². The zero-order chi connectivity index (χ0) is 13.6. The zero-order valence-electron chi connectivity index (χ0n) is 11.2. The minimum absolute atomic E-state index is 0.0984. The van der Waals surface area contributed by atoms with E-state index in [4.69, 9.17) is 0 Å². The third-order valence-corrected chi connectivity index (χ3v) is 2.50. The minimum atomic E-state index is -0.347. The predicted octanol–water partition coefficient (Wildman–Crippen LogP) is 1.22. The Morgan fingerprint density at radius 1 is 1.28 bits per heavy atom. The van der Waals surface area contributed by atoms with Gasteiger partial charge in [-0.15, -0.1) is 0 Å². The van der Waals surface area contributed by atoms with Crippen molar-refractivity contribution >= 4 is 5.91 Å². The van der Waals surface area contributed by atoms with Gasteiger partial charge in [0.1, 0.15) is 0 Å². The SMILES string of the molecule is CC(C)(C)NCC(=O)N[C@H](CO)c1ccccc1. The van der Waals surface area contributed by atoms with E-state index in [1.807, 2.05) is 51.1 Å². The van der Waals surface area contributed by atoms with Crippen molar-refractivity contribution in [3.05, 3.63) is 35.9 Å². The maximum atomic E-state index is 11.7. The summed E-state index contributed by atoms with van der Waals surface area (Å²) in [5.41, 5.74) is 0.808. The first-order valence-electron chi connectivity index (χ1n) is 6.12. The van der Waals surface area contributed by atoms with Gasteiger partial charge in [0.25, 0.3) is 0 Å². The molecule has 18 heavy (non-hydrogen) atoms. The highest BCUT2D eigenvalue weighted by atomic mass is 16.3. The molecule has 1 aromatic rings. The zero-order valence-corrected chi connectivity index (χ0v) is 11.2. The van der Waals surface area contributed by atoms with Gasteiger partial charge in [-0.2, -0.15) is 0 Å². The number of carbonyl (C=O) groups excluding carboxylic acids is 1. The predicted molar refractivity (Wildman–Crippen MR) is 72.2 cm³/mol. The first-order chi connectivity index (χ1) is 8.42. The van der Waals surface area contributed by atoms with E-state index < -0.39 is 0 Å². The van der Waals surface area contributed by atoms with Crippen LogP contribution in [0, 0.1) is 0 Å². The van der Waals surface area contributed by atoms with Crippen LogP contribution in [0.4, 0.5) is 0 Å². The number of nitrogens with one attached hydrogen (secondary N) is 2. The Morgan fingerprint density at radius 3 is 2.39 bits per heavy atom. The lowest BCUT2D eigenvalue weighted by molar-refractivity contribution is -0.121. The van der Waals surface area contributed by atoms with Crippen molar-refractivity contribution in [3.63, 3.8) is 0 Å². The number of amides is 1. The molecule has 4 heteroatoms. The van der Waals surface area contributed by atoms with Crippen molar-refractivity contribution in [2.75, 3.05) is 13.2 Å². The summed E-state index contributed by atoms with van der Waals surface area (Å²) in [7, 11) is 0. The molecule has 0 spiro atoms. The quantitative estimate of drug-likeness (QED) is 0.736. The molecule has 0 fully saturated rings. The fraction of sp³-hybridized carbons (Fsp3) is 0.500. The number of rotatable bonds is 5. The average molecular weight is 250 g/mol. The molecular formula is C14H22N2O2. The third kappa shape index (κ3) is 5.29. The molecule has 0 bridgehead atoms. The van der Waals surface area contributed by atoms with Crippen LogP contribution in [0.2, 0.25) is 0 Å². The molecule has 1 aromatic carbocycles. The van der Waals surface area contributed by atoms with Crippen LogP contribution in [-0.4, -0.2) is 29.7 Å². The summed E-state index contributed by atoms with van der Waals surface area (Å²) in [5.74, 6) is -0.118. The standard InChI is InChI=1S/C14H22N2O2/c1-14(2,3)15-9-13(18)16-12(10-17)11-7-5-4-6-8-11/h4-8,12,15,17H,9-10H2,1-3H3,(H,16,18)/t12-/m1/s1. The Bertz CT molecular complexity index is 371. The van der Waals surface area contributed by atoms with E-state index in [9.17, 15) is 9.90 Å². The van der Waals surface area contributed by atoms with Gasteiger partial charge in [-0.1, -0.05) is 30.3 Å². The van der Waals surface area contributed by atoms with Crippen LogP contribution in [-0.2, 0) is 4.79 Å². The topological polar surface area (TPSA) is 61.4 Å². The van der Waals surface area contributed by atoms with Crippen LogP contribution < -0.4 is 10.6 Å². The molecule has 4 nitrogen and oxygen atoms in total. The van der Waals surface area contributed by atoms with Crippen LogP contribution in [0.3, 0.4) is 0 Å². The van der Waals surface area contributed by atoms with Crippen molar-refractivity contribution in [1.29, 1.82) is 0 Å². The van der Waals surface area contributed by atoms with E-state index in [2.05, 4.69) is 10.6 Å². The highest BCUT2D eigenvalue weighted by molar-refractivity contribution is 5.78. The maximum absolute atomic E-state index is 11.7. The largest absolute Gasteiger partial charge is 0.394 e. The van der Waals surface area contributed by atoms with Gasteiger partial charge in [0.05, 0.1) is 19.2 Å². The van der Waals surface area contributed by atoms with Gasteiger partial charge in [-0.3, -0.25) is 4.79 Å². The highest BCUT2D eigenvalue weighted by Crippen LogP contribution is 2.11. The fourth-order valence-corrected chi connectivity index (χ4v) is 1.51. The molecule has 100 valence electrons. The van der Waals surface area contributed by atoms with E-state index in [0.717, 1.165) is 5.56 Å². The molecule has 0 heterocycles. The first-order valence-corrected chi connectivity index (χ1v) is 6.12. The van der Waals surface area contributed by atoms with Crippen molar-refractivity contribution in [3.8, 4) is 0 Å². The number of aliphatic hydroxyl groups excluding tert-OH is 1. The number of hydrogen-bond donors (Lipinski definition) is 3. The summed E-state index contributed by atoms with van der Waals surface area (Å²) < 4.78 is 0. The summed E-state index contributed by atoms with van der Waals surface area (Å²) in [6.45, 7) is 6.14. The Labute approximate surface area is 108 Å². The lowest BCUT2D eigenvalue weighted by Gasteiger charge is -2.22. The second-order valence-corrected chi connectivity index (χ2v) is 5.32. The van der Waals surface area contributed by atoms with E-state index in [1.54, 1.807) is 0 Å². The van der Waals surface area contributed by atoms with Crippen molar-refractivity contribution in [2.45, 2.75) is 32.4 Å². The lowest BCUT2D eigenvalue weighted by atomic mass is 10.1. The van der Waals surface area contributed by atoms with Crippen molar-refractivity contribution in [2.24, 2.45) is 0 Å². The monoisotopic (exact) mass is 250 g/mol. The molecule has 0 aliphatic carbocycles. The van der Waals surface area contributed by atoms with Gasteiger partial charge in [0.2, 0.25) is 5.91 Å². The van der Waals surface area contributed by atoms with Crippen molar-refractivity contribution < 1.29 is 9.90 Å². The molecule has 0 radical (unpaired) electrons. The van der Waals surface area contributed by atoms with Gasteiger partial charge in [-0.05, 0) is 26.3 Å². The minimum Gasteiger partial charge on any atom is -0.394 e. The second-order valence-electron chi connectivity index (χ2n) is 5.32. The smallest absolute Gasteiger partial charge is 0.234 e. The Morgan fingerprint density at radius 2 is 1.89 bits per heavy atom. The third-order valence-electron chi connectivity index (χ3n) is 2.50. The maximum Gasteiger partial charge on any atom is 0.234 e. The Hall–Kier alpha value is -1.39. The second kappa shape index (κ2) is 6.52. The summed E-state index contributed by atoms with van der Waals surface area (Å²) in [5, 5.41) is 15.2. The molecule has 3 N–H and O–H groups in total. The fourth-order valence-electron chi connectivity index (χ4n) is 1.51. The van der Waals surface area contributed by atoms with Gasteiger partial charge in [-0.25, -0.2) is 0 Å². The van der Waals surface area contributed by atoms with Gasteiger partial charge in [0.15, 0.2) is 0 Å². The Balaban J connectivity index is 2.51. The lowest BCUT2D eigenvalue weighted by Crippen LogP contribution is -2.44. The molecule has 0 aliphatic rings. The molecule has 0 saturated carbocycles. The van der Waals surface area contributed by atoms with Gasteiger partial charge >= 0.3 is 0 Å². The van der Waals surface area contributed by atoms with Crippen LogP contribution in [0.15, 0.2) is 30.3 Å². The van der Waals surface area contributed by atoms with Crippen LogP contribution in [0.25, 0.3) is 0 Å². The molecule has 0 saturated heterocycles. The van der Waals surface area contributed by atoms with E-state index in [0.29, 0.717) is 0 Å². The molecule has 0 aliphatic heterocycles. The van der Waals surface area contributed by atoms with Gasteiger partial charge in [0, 0.05) is 5.54 Å². The molecular weight excluding hydrogens is 228 g/mol. The number of benzene rings is 1. The highest BCUT2D eigenvalue weighted by Gasteiger charge is 2.15. The first kappa shape index (κ1) is 14.7. The molecule has 1 amide bonds. The van der Waals surface area contributed by atoms with Gasteiger partial charge < -0.3 is 15.7 Å². The average Bonchev–Trinajstić information content (AvgIpc) is 2.33. The molecule has 0 unspecified atom stereocenters. The van der Waals surface area contributed by atoms with Crippen LogP contribution in [0.5, 0.6) is 0 Å². The summed E-state index contributed by atoms with van der Waals surface area (Å²) in [6, 6.07) is 9.10. The van der Waals surface area contributed by atoms with Crippen LogP contribution in [0.1, 0.15) is 32.4 Å². The molecule has 0 aromatic heterocycles. The molecule has 1 rings (SSSR count). The van der Waals surface area contributed by atoms with E-state index in [-0.39, 0.29) is 30.6 Å². The number of carbonyl (C=O) groups is 1. The normalized spacial score (nSPS) is 13.1. The summed E-state index contributed by atoms with van der Waals surface area (Å²) in [4.78, 5) is 11.7. The number of aliphatic hydroxyl groups is 1. The summed E-state index contributed by atoms with van der Waals surface area (Å²) >= 11 is 0.